The molecule has 3 aromatic rings. The molecular formula is C29H26FN3O2. The molecule has 0 radical (unpaired) electrons. The van der Waals surface area contributed by atoms with E-state index in [1.54, 1.807) is 37.4 Å². The number of hydrogen-bond acceptors (Lipinski definition) is 3. The number of nitrogens with zero attached hydrogens (tertiary/aromatic N) is 2. The molecule has 2 aliphatic rings. The van der Waals surface area contributed by atoms with Crippen molar-refractivity contribution in [1.29, 1.82) is 5.26 Å². The first-order chi connectivity index (χ1) is 17.1. The van der Waals surface area contributed by atoms with Crippen LogP contribution in [-0.4, -0.2) is 30.1 Å². The summed E-state index contributed by atoms with van der Waals surface area (Å²) in [4.78, 5) is 14.9. The van der Waals surface area contributed by atoms with Crippen LogP contribution in [0.5, 0.6) is 5.75 Å². The van der Waals surface area contributed by atoms with Gasteiger partial charge in [-0.1, -0.05) is 42.5 Å². The summed E-state index contributed by atoms with van der Waals surface area (Å²) in [6.07, 6.45) is 4.66. The number of nitrogens with one attached hydrogen (secondary N) is 1. The van der Waals surface area contributed by atoms with Crippen molar-refractivity contribution in [3.8, 4) is 22.9 Å². The average Bonchev–Trinajstić information content (AvgIpc) is 3.16. The van der Waals surface area contributed by atoms with Crippen LogP contribution in [0.4, 0.5) is 9.18 Å². The van der Waals surface area contributed by atoms with E-state index < -0.39 is 0 Å². The molecule has 1 saturated heterocycles. The highest BCUT2D eigenvalue weighted by Gasteiger charge is 2.39. The van der Waals surface area contributed by atoms with E-state index in [-0.39, 0.29) is 23.9 Å². The number of methoxy groups -OCH3 is 1. The number of ether oxygens (including phenoxy) is 1. The van der Waals surface area contributed by atoms with Crippen LogP contribution in [0.15, 0.2) is 72.8 Å². The Balaban J connectivity index is 1.29. The third-order valence-electron chi connectivity index (χ3n) is 6.88. The standard InChI is InChI=1S/C29H26FN3O2/c1-35-26-10-5-19(6-11-26)18-32-29(34)33-24-8-9-25(33)15-23(14-24)21-7-12-27(28(30)16-21)22-4-2-3-20(13-22)17-31/h2-7,10-14,16,24-25H,8-9,15,18H2,1H3,(H,32,34). The van der Waals surface area contributed by atoms with Gasteiger partial charge in [0, 0.05) is 18.2 Å². The van der Waals surface area contributed by atoms with E-state index >= 15 is 4.39 Å². The molecule has 2 atom stereocenters. The fourth-order valence-corrected chi connectivity index (χ4v) is 5.08. The summed E-state index contributed by atoms with van der Waals surface area (Å²) in [5, 5.41) is 12.2. The summed E-state index contributed by atoms with van der Waals surface area (Å²) in [5.74, 6) is 0.470. The van der Waals surface area contributed by atoms with Crippen molar-refractivity contribution >= 4 is 11.6 Å². The van der Waals surface area contributed by atoms with Crippen LogP contribution >= 0.6 is 0 Å². The van der Waals surface area contributed by atoms with E-state index in [9.17, 15) is 4.79 Å². The Bertz CT molecular complexity index is 1330. The van der Waals surface area contributed by atoms with Crippen molar-refractivity contribution in [3.63, 3.8) is 0 Å². The zero-order valence-electron chi connectivity index (χ0n) is 19.5. The quantitative estimate of drug-likeness (QED) is 0.508. The third kappa shape index (κ3) is 4.63. The number of carbonyl (C=O) groups excluding carboxylic acids is 1. The lowest BCUT2D eigenvalue weighted by Gasteiger charge is -2.34. The second kappa shape index (κ2) is 9.63. The number of amides is 2. The number of benzene rings is 3. The van der Waals surface area contributed by atoms with Crippen molar-refractivity contribution in [3.05, 3.63) is 95.3 Å². The summed E-state index contributed by atoms with van der Waals surface area (Å²) < 4.78 is 20.2. The maximum absolute atomic E-state index is 15.1. The molecule has 2 aliphatic heterocycles. The first-order valence-corrected chi connectivity index (χ1v) is 11.8. The van der Waals surface area contributed by atoms with Crippen LogP contribution in [0.2, 0.25) is 0 Å². The molecule has 2 bridgehead atoms. The van der Waals surface area contributed by atoms with Crippen LogP contribution in [0.1, 0.15) is 36.0 Å². The Labute approximate surface area is 204 Å². The van der Waals surface area contributed by atoms with Crippen LogP contribution in [0.25, 0.3) is 16.7 Å². The molecule has 0 aliphatic carbocycles. The minimum absolute atomic E-state index is 0.00895. The molecule has 6 heteroatoms. The van der Waals surface area contributed by atoms with Crippen LogP contribution in [0.3, 0.4) is 0 Å². The molecule has 0 spiro atoms. The molecule has 2 amide bonds. The summed E-state index contributed by atoms with van der Waals surface area (Å²) in [5.41, 5.74) is 4.60. The monoisotopic (exact) mass is 467 g/mol. The van der Waals surface area contributed by atoms with Crippen LogP contribution in [-0.2, 0) is 6.54 Å². The topological polar surface area (TPSA) is 65.4 Å². The fourth-order valence-electron chi connectivity index (χ4n) is 5.08. The molecule has 2 heterocycles. The zero-order chi connectivity index (χ0) is 24.4. The summed E-state index contributed by atoms with van der Waals surface area (Å²) in [6, 6.07) is 22.0. The van der Waals surface area contributed by atoms with Gasteiger partial charge in [-0.05, 0) is 71.9 Å². The lowest BCUT2D eigenvalue weighted by molar-refractivity contribution is 0.179. The van der Waals surface area contributed by atoms with Gasteiger partial charge in [-0.2, -0.15) is 5.26 Å². The van der Waals surface area contributed by atoms with E-state index in [0.29, 0.717) is 29.7 Å². The van der Waals surface area contributed by atoms with Crippen LogP contribution < -0.4 is 10.1 Å². The van der Waals surface area contributed by atoms with E-state index in [2.05, 4.69) is 17.5 Å². The number of rotatable bonds is 5. The number of halogens is 1. The zero-order valence-corrected chi connectivity index (χ0v) is 19.5. The second-order valence-corrected chi connectivity index (χ2v) is 9.00. The highest BCUT2D eigenvalue weighted by molar-refractivity contribution is 5.79. The molecule has 0 aromatic heterocycles. The van der Waals surface area contributed by atoms with Gasteiger partial charge in [0.2, 0.25) is 0 Å². The fraction of sp³-hybridized carbons (Fsp3) is 0.241. The SMILES string of the molecule is COc1ccc(CNC(=O)N2C3C=C(c4ccc(-c5cccc(C#N)c5)c(F)c4)CC2CC3)cc1. The molecule has 1 fully saturated rings. The molecule has 176 valence electrons. The van der Waals surface area contributed by atoms with Crippen molar-refractivity contribution in [2.45, 2.75) is 37.9 Å². The van der Waals surface area contributed by atoms with Gasteiger partial charge in [0.25, 0.3) is 0 Å². The predicted molar refractivity (Wildman–Crippen MR) is 133 cm³/mol. The molecule has 5 nitrogen and oxygen atoms in total. The van der Waals surface area contributed by atoms with E-state index in [1.165, 1.54) is 0 Å². The Morgan fingerprint density at radius 1 is 1.11 bits per heavy atom. The number of hydrogen-bond donors (Lipinski definition) is 1. The highest BCUT2D eigenvalue weighted by Crippen LogP contribution is 2.39. The first-order valence-electron chi connectivity index (χ1n) is 11.8. The average molecular weight is 468 g/mol. The van der Waals surface area contributed by atoms with Gasteiger partial charge in [-0.3, -0.25) is 0 Å². The van der Waals surface area contributed by atoms with Gasteiger partial charge in [0.05, 0.1) is 24.8 Å². The molecule has 3 aromatic carbocycles. The third-order valence-corrected chi connectivity index (χ3v) is 6.88. The first kappa shape index (κ1) is 22.7. The van der Waals surface area contributed by atoms with E-state index in [1.807, 2.05) is 41.3 Å². The normalized spacial score (nSPS) is 18.5. The van der Waals surface area contributed by atoms with Gasteiger partial charge in [-0.15, -0.1) is 0 Å². The minimum atomic E-state index is -0.314. The predicted octanol–water partition coefficient (Wildman–Crippen LogP) is 5.90. The lowest BCUT2D eigenvalue weighted by atomic mass is 9.93. The number of fused-ring (bicyclic) bond motifs is 2. The van der Waals surface area contributed by atoms with Gasteiger partial charge in [-0.25, -0.2) is 9.18 Å². The van der Waals surface area contributed by atoms with Crippen molar-refractivity contribution in [1.82, 2.24) is 10.2 Å². The van der Waals surface area contributed by atoms with E-state index in [0.717, 1.165) is 35.3 Å². The molecule has 35 heavy (non-hydrogen) atoms. The van der Waals surface area contributed by atoms with Gasteiger partial charge < -0.3 is 15.0 Å². The molecular weight excluding hydrogens is 441 g/mol. The van der Waals surface area contributed by atoms with Gasteiger partial charge >= 0.3 is 6.03 Å². The smallest absolute Gasteiger partial charge is 0.318 e. The molecule has 2 unspecified atom stereocenters. The van der Waals surface area contributed by atoms with Gasteiger partial charge in [0.1, 0.15) is 11.6 Å². The van der Waals surface area contributed by atoms with Crippen LogP contribution in [0, 0.1) is 17.1 Å². The minimum Gasteiger partial charge on any atom is -0.497 e. The highest BCUT2D eigenvalue weighted by atomic mass is 19.1. The largest absolute Gasteiger partial charge is 0.497 e. The summed E-state index contributed by atoms with van der Waals surface area (Å²) >= 11 is 0. The Morgan fingerprint density at radius 2 is 1.94 bits per heavy atom. The number of urea groups is 1. The molecule has 5 rings (SSSR count). The van der Waals surface area contributed by atoms with Gasteiger partial charge in [0.15, 0.2) is 0 Å². The van der Waals surface area contributed by atoms with E-state index in [4.69, 9.17) is 10.00 Å². The maximum atomic E-state index is 15.1. The lowest BCUT2D eigenvalue weighted by Crippen LogP contribution is -2.48. The molecule has 0 saturated carbocycles. The summed E-state index contributed by atoms with van der Waals surface area (Å²) in [7, 11) is 1.63. The molecule has 1 N–H and O–H groups in total. The summed E-state index contributed by atoms with van der Waals surface area (Å²) in [6.45, 7) is 0.453. The van der Waals surface area contributed by atoms with Crippen molar-refractivity contribution < 1.29 is 13.9 Å². The maximum Gasteiger partial charge on any atom is 0.318 e. The second-order valence-electron chi connectivity index (χ2n) is 9.00. The van der Waals surface area contributed by atoms with Crippen molar-refractivity contribution in [2.24, 2.45) is 0 Å². The number of carbonyl (C=O) groups is 1. The Morgan fingerprint density at radius 3 is 2.66 bits per heavy atom. The Hall–Kier alpha value is -4.11. The number of nitriles is 1. The van der Waals surface area contributed by atoms with Crippen molar-refractivity contribution in [2.75, 3.05) is 7.11 Å². The Kier molecular flexibility index (Phi) is 6.24.